The standard InChI is InChI=1S/C21H26N4O6/c26-16-11-10-15(19(28)23-16)25-20(29)13-7-6-8-14(18(13)21(25)30)22-12-5-3-1-2-4-9-17(27)24-31/h6-8,15,22,31H,1-5,9-12H2,(H,24,27)(H,23,26,28). The molecule has 1 fully saturated rings. The molecule has 2 aliphatic rings. The smallest absolute Gasteiger partial charge is 0.264 e. The zero-order valence-corrected chi connectivity index (χ0v) is 17.1. The molecule has 1 aromatic rings. The quantitative estimate of drug-likeness (QED) is 0.190. The van der Waals surface area contributed by atoms with E-state index in [9.17, 15) is 24.0 Å². The maximum absolute atomic E-state index is 13.0. The second-order valence-electron chi connectivity index (χ2n) is 7.65. The lowest BCUT2D eigenvalue weighted by Crippen LogP contribution is -2.54. The summed E-state index contributed by atoms with van der Waals surface area (Å²) in [4.78, 5) is 61.2. The van der Waals surface area contributed by atoms with E-state index in [-0.39, 0.29) is 29.9 Å². The normalized spacial score (nSPS) is 18.1. The third kappa shape index (κ3) is 5.08. The Morgan fingerprint density at radius 3 is 2.55 bits per heavy atom. The molecule has 10 heteroatoms. The van der Waals surface area contributed by atoms with Crippen LogP contribution >= 0.6 is 0 Å². The van der Waals surface area contributed by atoms with Gasteiger partial charge in [0.25, 0.3) is 11.8 Å². The summed E-state index contributed by atoms with van der Waals surface area (Å²) in [6, 6.07) is 4.00. The zero-order valence-electron chi connectivity index (χ0n) is 17.1. The molecular weight excluding hydrogens is 404 g/mol. The SMILES string of the molecule is O=C(CCCCCCCNc1cccc2c1C(=O)N(C1CCC(=O)NC1=O)C2=O)NO. The van der Waals surface area contributed by atoms with Crippen LogP contribution in [0.1, 0.15) is 72.1 Å². The van der Waals surface area contributed by atoms with Crippen LogP contribution in [0.3, 0.4) is 0 Å². The Bertz CT molecular complexity index is 900. The van der Waals surface area contributed by atoms with Gasteiger partial charge in [-0.3, -0.25) is 39.4 Å². The van der Waals surface area contributed by atoms with Crippen molar-refractivity contribution in [3.8, 4) is 0 Å². The number of nitrogens with one attached hydrogen (secondary N) is 3. The number of imide groups is 2. The minimum Gasteiger partial charge on any atom is -0.384 e. The Morgan fingerprint density at radius 1 is 1.06 bits per heavy atom. The van der Waals surface area contributed by atoms with Crippen LogP contribution in [0.4, 0.5) is 5.69 Å². The number of amides is 5. The van der Waals surface area contributed by atoms with E-state index < -0.39 is 29.7 Å². The van der Waals surface area contributed by atoms with Crippen LogP contribution in [-0.2, 0) is 14.4 Å². The first-order valence-electron chi connectivity index (χ1n) is 10.5. The number of hydrogen-bond acceptors (Lipinski definition) is 7. The molecule has 0 spiro atoms. The number of hydrogen-bond donors (Lipinski definition) is 4. The summed E-state index contributed by atoms with van der Waals surface area (Å²) < 4.78 is 0. The molecule has 10 nitrogen and oxygen atoms in total. The van der Waals surface area contributed by atoms with Crippen molar-refractivity contribution >= 4 is 35.2 Å². The lowest BCUT2D eigenvalue weighted by molar-refractivity contribution is -0.136. The van der Waals surface area contributed by atoms with Crippen molar-refractivity contribution in [2.75, 3.05) is 11.9 Å². The van der Waals surface area contributed by atoms with Crippen molar-refractivity contribution in [3.63, 3.8) is 0 Å². The van der Waals surface area contributed by atoms with Crippen LogP contribution < -0.4 is 16.1 Å². The highest BCUT2D eigenvalue weighted by molar-refractivity contribution is 6.25. The van der Waals surface area contributed by atoms with Crippen LogP contribution in [0.15, 0.2) is 18.2 Å². The topological polar surface area (TPSA) is 145 Å². The molecule has 1 saturated heterocycles. The predicted molar refractivity (Wildman–Crippen MR) is 109 cm³/mol. The molecule has 2 heterocycles. The van der Waals surface area contributed by atoms with E-state index >= 15 is 0 Å². The summed E-state index contributed by atoms with van der Waals surface area (Å²) in [5.41, 5.74) is 2.66. The fourth-order valence-electron chi connectivity index (χ4n) is 3.88. The third-order valence-corrected chi connectivity index (χ3v) is 5.49. The first-order valence-corrected chi connectivity index (χ1v) is 10.5. The van der Waals surface area contributed by atoms with E-state index in [1.165, 1.54) is 0 Å². The summed E-state index contributed by atoms with van der Waals surface area (Å²) in [5.74, 6) is -2.47. The average Bonchev–Trinajstić information content (AvgIpc) is 3.01. The Morgan fingerprint density at radius 2 is 1.81 bits per heavy atom. The molecule has 3 rings (SSSR count). The number of rotatable bonds is 10. The Hall–Kier alpha value is -3.27. The summed E-state index contributed by atoms with van der Waals surface area (Å²) in [7, 11) is 0. The number of hydroxylamine groups is 1. The molecule has 1 unspecified atom stereocenters. The van der Waals surface area contributed by atoms with Crippen molar-refractivity contribution in [3.05, 3.63) is 29.3 Å². The van der Waals surface area contributed by atoms with Gasteiger partial charge in [0.05, 0.1) is 11.1 Å². The number of fused-ring (bicyclic) bond motifs is 1. The molecule has 31 heavy (non-hydrogen) atoms. The molecule has 1 aromatic carbocycles. The molecular formula is C21H26N4O6. The molecule has 166 valence electrons. The Balaban J connectivity index is 1.54. The Labute approximate surface area is 179 Å². The van der Waals surface area contributed by atoms with Crippen LogP contribution in [-0.4, -0.2) is 52.2 Å². The van der Waals surface area contributed by atoms with Crippen LogP contribution in [0, 0.1) is 0 Å². The van der Waals surface area contributed by atoms with Crippen LogP contribution in [0.25, 0.3) is 0 Å². The molecule has 0 bridgehead atoms. The van der Waals surface area contributed by atoms with Crippen molar-refractivity contribution < 1.29 is 29.2 Å². The van der Waals surface area contributed by atoms with Crippen LogP contribution in [0.2, 0.25) is 0 Å². The lowest BCUT2D eigenvalue weighted by Gasteiger charge is -2.27. The van der Waals surface area contributed by atoms with E-state index in [2.05, 4.69) is 10.6 Å². The summed E-state index contributed by atoms with van der Waals surface area (Å²) in [5, 5.41) is 13.8. The number of piperidine rings is 1. The number of anilines is 1. The number of unbranched alkanes of at least 4 members (excludes halogenated alkanes) is 4. The number of carbonyl (C=O) groups excluding carboxylic acids is 5. The van der Waals surface area contributed by atoms with Gasteiger partial charge < -0.3 is 5.32 Å². The van der Waals surface area contributed by atoms with Gasteiger partial charge in [-0.25, -0.2) is 5.48 Å². The Kier molecular flexibility index (Phi) is 7.35. The van der Waals surface area contributed by atoms with Crippen molar-refractivity contribution in [2.24, 2.45) is 0 Å². The highest BCUT2D eigenvalue weighted by Crippen LogP contribution is 2.32. The van der Waals surface area contributed by atoms with Gasteiger partial charge in [-0.1, -0.05) is 25.3 Å². The van der Waals surface area contributed by atoms with Gasteiger partial charge in [0.1, 0.15) is 6.04 Å². The van der Waals surface area contributed by atoms with Crippen LogP contribution in [0.5, 0.6) is 0 Å². The van der Waals surface area contributed by atoms with Gasteiger partial charge >= 0.3 is 0 Å². The van der Waals surface area contributed by atoms with E-state index in [0.717, 1.165) is 30.6 Å². The molecule has 0 aliphatic carbocycles. The van der Waals surface area contributed by atoms with Crippen molar-refractivity contribution in [1.29, 1.82) is 0 Å². The van der Waals surface area contributed by atoms with E-state index in [4.69, 9.17) is 5.21 Å². The van der Waals surface area contributed by atoms with E-state index in [1.807, 2.05) is 0 Å². The van der Waals surface area contributed by atoms with Gasteiger partial charge in [-0.2, -0.15) is 0 Å². The highest BCUT2D eigenvalue weighted by Gasteiger charge is 2.45. The fourth-order valence-corrected chi connectivity index (χ4v) is 3.88. The number of nitrogens with zero attached hydrogens (tertiary/aromatic N) is 1. The van der Waals surface area contributed by atoms with Gasteiger partial charge in [-0.05, 0) is 31.4 Å². The molecule has 1 atom stereocenters. The summed E-state index contributed by atoms with van der Waals surface area (Å²) in [6.45, 7) is 0.605. The van der Waals surface area contributed by atoms with E-state index in [1.54, 1.807) is 23.7 Å². The average molecular weight is 430 g/mol. The monoisotopic (exact) mass is 430 g/mol. The first kappa shape index (κ1) is 22.4. The predicted octanol–water partition coefficient (Wildman–Crippen LogP) is 1.35. The molecule has 4 N–H and O–H groups in total. The molecule has 0 saturated carbocycles. The molecule has 0 aromatic heterocycles. The maximum atomic E-state index is 13.0. The summed E-state index contributed by atoms with van der Waals surface area (Å²) in [6.07, 6.45) is 4.80. The van der Waals surface area contributed by atoms with Crippen molar-refractivity contribution in [1.82, 2.24) is 15.7 Å². The highest BCUT2D eigenvalue weighted by atomic mass is 16.5. The minimum atomic E-state index is -0.981. The third-order valence-electron chi connectivity index (χ3n) is 5.49. The number of benzene rings is 1. The van der Waals surface area contributed by atoms with Crippen molar-refractivity contribution in [2.45, 2.75) is 57.4 Å². The largest absolute Gasteiger partial charge is 0.384 e. The number of carbonyl (C=O) groups is 5. The second-order valence-corrected chi connectivity index (χ2v) is 7.65. The second kappa shape index (κ2) is 10.2. The minimum absolute atomic E-state index is 0.0829. The summed E-state index contributed by atoms with van der Waals surface area (Å²) >= 11 is 0. The van der Waals surface area contributed by atoms with Gasteiger partial charge in [-0.15, -0.1) is 0 Å². The van der Waals surface area contributed by atoms with Gasteiger partial charge in [0, 0.05) is 25.1 Å². The maximum Gasteiger partial charge on any atom is 0.264 e. The molecule has 5 amide bonds. The van der Waals surface area contributed by atoms with Gasteiger partial charge in [0.2, 0.25) is 17.7 Å². The van der Waals surface area contributed by atoms with Gasteiger partial charge in [0.15, 0.2) is 0 Å². The molecule has 2 aliphatic heterocycles. The fraction of sp³-hybridized carbons (Fsp3) is 0.476. The first-order chi connectivity index (χ1) is 14.9. The lowest BCUT2D eigenvalue weighted by atomic mass is 10.0. The van der Waals surface area contributed by atoms with E-state index in [0.29, 0.717) is 25.1 Å². The molecule has 0 radical (unpaired) electrons. The zero-order chi connectivity index (χ0) is 22.4.